The van der Waals surface area contributed by atoms with Crippen molar-refractivity contribution in [1.29, 1.82) is 0 Å². The lowest BCUT2D eigenvalue weighted by Gasteiger charge is -2.25. The summed E-state index contributed by atoms with van der Waals surface area (Å²) >= 11 is 5.93. The van der Waals surface area contributed by atoms with E-state index in [0.717, 1.165) is 23.9 Å². The van der Waals surface area contributed by atoms with Crippen LogP contribution in [0.5, 0.6) is 0 Å². The van der Waals surface area contributed by atoms with Gasteiger partial charge >= 0.3 is 0 Å². The molecule has 0 saturated carbocycles. The van der Waals surface area contributed by atoms with Crippen LogP contribution in [-0.4, -0.2) is 35.5 Å². The van der Waals surface area contributed by atoms with Crippen molar-refractivity contribution in [3.05, 3.63) is 53.1 Å². The lowest BCUT2D eigenvalue weighted by atomic mass is 10.1. The minimum absolute atomic E-state index is 0.312. The summed E-state index contributed by atoms with van der Waals surface area (Å²) in [7, 11) is 4.15. The van der Waals surface area contributed by atoms with Crippen molar-refractivity contribution in [2.45, 2.75) is 12.6 Å². The second-order valence-corrected chi connectivity index (χ2v) is 5.13. The Morgan fingerprint density at radius 3 is 2.63 bits per heavy atom. The van der Waals surface area contributed by atoms with Gasteiger partial charge in [-0.15, -0.1) is 0 Å². The normalized spacial score (nSPS) is 12.8. The average Bonchev–Trinajstić information content (AvgIpc) is 2.89. The van der Waals surface area contributed by atoms with E-state index >= 15 is 0 Å². The quantitative estimate of drug-likeness (QED) is 0.853. The number of aromatic amines is 1. The Labute approximate surface area is 118 Å². The summed E-state index contributed by atoms with van der Waals surface area (Å²) in [5, 5.41) is 4.18. The second-order valence-electron chi connectivity index (χ2n) is 4.70. The highest BCUT2D eigenvalue weighted by molar-refractivity contribution is 6.30. The van der Waals surface area contributed by atoms with Crippen LogP contribution in [-0.2, 0) is 6.54 Å². The molecular formula is C14H19ClN4. The van der Waals surface area contributed by atoms with E-state index in [0.29, 0.717) is 6.04 Å². The first kappa shape index (κ1) is 14.1. The zero-order valence-corrected chi connectivity index (χ0v) is 12.0. The van der Waals surface area contributed by atoms with Crippen LogP contribution in [0.2, 0.25) is 5.02 Å². The van der Waals surface area contributed by atoms with Crippen molar-refractivity contribution in [3.8, 4) is 0 Å². The number of imidazole rings is 1. The summed E-state index contributed by atoms with van der Waals surface area (Å²) < 4.78 is 0. The topological polar surface area (TPSA) is 44.0 Å². The van der Waals surface area contributed by atoms with E-state index in [1.807, 2.05) is 18.3 Å². The van der Waals surface area contributed by atoms with Crippen LogP contribution in [0.4, 0.5) is 0 Å². The molecule has 2 aromatic rings. The Bertz CT molecular complexity index is 479. The van der Waals surface area contributed by atoms with E-state index in [2.05, 4.69) is 46.4 Å². The molecule has 102 valence electrons. The first-order valence-corrected chi connectivity index (χ1v) is 6.65. The molecule has 0 aliphatic rings. The molecule has 1 heterocycles. The summed E-state index contributed by atoms with van der Waals surface area (Å²) in [6, 6.07) is 8.32. The number of rotatable bonds is 6. The maximum absolute atomic E-state index is 5.93. The summed E-state index contributed by atoms with van der Waals surface area (Å²) in [4.78, 5) is 9.47. The third kappa shape index (κ3) is 4.06. The molecule has 0 spiro atoms. The van der Waals surface area contributed by atoms with Gasteiger partial charge < -0.3 is 15.2 Å². The monoisotopic (exact) mass is 278 g/mol. The fourth-order valence-corrected chi connectivity index (χ4v) is 2.13. The highest BCUT2D eigenvalue weighted by Gasteiger charge is 2.13. The van der Waals surface area contributed by atoms with E-state index in [9.17, 15) is 0 Å². The van der Waals surface area contributed by atoms with Gasteiger partial charge in [-0.25, -0.2) is 4.98 Å². The molecule has 4 nitrogen and oxygen atoms in total. The van der Waals surface area contributed by atoms with E-state index in [-0.39, 0.29) is 0 Å². The van der Waals surface area contributed by atoms with Crippen LogP contribution in [0.3, 0.4) is 0 Å². The zero-order valence-electron chi connectivity index (χ0n) is 11.2. The van der Waals surface area contributed by atoms with Gasteiger partial charge in [0.2, 0.25) is 0 Å². The molecule has 0 amide bonds. The molecule has 1 atom stereocenters. The Kier molecular flexibility index (Phi) is 4.96. The Balaban J connectivity index is 1.94. The lowest BCUT2D eigenvalue weighted by molar-refractivity contribution is 0.288. The fraction of sp³-hybridized carbons (Fsp3) is 0.357. The Hall–Kier alpha value is -1.36. The smallest absolute Gasteiger partial charge is 0.120 e. The minimum Gasteiger partial charge on any atom is -0.348 e. The number of aromatic nitrogens is 2. The average molecular weight is 279 g/mol. The van der Waals surface area contributed by atoms with Crippen LogP contribution in [0, 0.1) is 0 Å². The van der Waals surface area contributed by atoms with Crippen molar-refractivity contribution in [1.82, 2.24) is 20.2 Å². The van der Waals surface area contributed by atoms with Crippen molar-refractivity contribution in [2.75, 3.05) is 20.6 Å². The van der Waals surface area contributed by atoms with Crippen molar-refractivity contribution < 1.29 is 0 Å². The predicted octanol–water partition coefficient (Wildman–Crippen LogP) is 2.46. The van der Waals surface area contributed by atoms with Crippen LogP contribution >= 0.6 is 11.6 Å². The molecule has 0 bridgehead atoms. The lowest BCUT2D eigenvalue weighted by Crippen LogP contribution is -2.31. The van der Waals surface area contributed by atoms with Crippen LogP contribution < -0.4 is 5.32 Å². The molecule has 2 N–H and O–H groups in total. The molecular weight excluding hydrogens is 260 g/mol. The number of nitrogens with one attached hydrogen (secondary N) is 2. The molecule has 0 radical (unpaired) electrons. The molecule has 0 aliphatic carbocycles. The van der Waals surface area contributed by atoms with Crippen molar-refractivity contribution in [3.63, 3.8) is 0 Å². The highest BCUT2D eigenvalue weighted by Crippen LogP contribution is 2.19. The molecule has 1 aromatic heterocycles. The summed E-state index contributed by atoms with van der Waals surface area (Å²) in [5.41, 5.74) is 1.25. The molecule has 2 rings (SSSR count). The van der Waals surface area contributed by atoms with E-state index in [1.165, 1.54) is 5.56 Å². The van der Waals surface area contributed by atoms with Gasteiger partial charge in [-0.05, 0) is 31.8 Å². The van der Waals surface area contributed by atoms with Gasteiger partial charge in [-0.3, -0.25) is 0 Å². The number of hydrogen-bond acceptors (Lipinski definition) is 3. The largest absolute Gasteiger partial charge is 0.348 e. The number of nitrogens with zero attached hydrogens (tertiary/aromatic N) is 2. The van der Waals surface area contributed by atoms with Gasteiger partial charge in [0.25, 0.3) is 0 Å². The summed E-state index contributed by atoms with van der Waals surface area (Å²) in [6.45, 7) is 1.60. The number of halogens is 1. The third-order valence-corrected chi connectivity index (χ3v) is 3.32. The van der Waals surface area contributed by atoms with Crippen LogP contribution in [0.1, 0.15) is 17.4 Å². The van der Waals surface area contributed by atoms with Gasteiger partial charge in [0.05, 0.1) is 6.54 Å². The van der Waals surface area contributed by atoms with E-state index in [4.69, 9.17) is 11.6 Å². The van der Waals surface area contributed by atoms with Gasteiger partial charge in [0.1, 0.15) is 5.82 Å². The molecule has 0 fully saturated rings. The maximum atomic E-state index is 5.93. The van der Waals surface area contributed by atoms with E-state index < -0.39 is 0 Å². The van der Waals surface area contributed by atoms with Crippen molar-refractivity contribution >= 4 is 11.6 Å². The number of benzene rings is 1. The molecule has 1 aromatic carbocycles. The van der Waals surface area contributed by atoms with Gasteiger partial charge in [0.15, 0.2) is 0 Å². The minimum atomic E-state index is 0.312. The Morgan fingerprint density at radius 1 is 1.32 bits per heavy atom. The molecule has 0 saturated heterocycles. The van der Waals surface area contributed by atoms with E-state index in [1.54, 1.807) is 6.20 Å². The van der Waals surface area contributed by atoms with Crippen LogP contribution in [0.25, 0.3) is 0 Å². The number of H-pyrrole nitrogens is 1. The standard InChI is InChI=1S/C14H19ClN4/c1-19(2)13(11-3-5-12(15)6-4-11)9-16-10-14-17-7-8-18-14/h3-8,13,16H,9-10H2,1-2H3,(H,17,18). The SMILES string of the molecule is CN(C)C(CNCc1ncc[nH]1)c1ccc(Cl)cc1. The fourth-order valence-electron chi connectivity index (χ4n) is 2.01. The zero-order chi connectivity index (χ0) is 13.7. The molecule has 0 aliphatic heterocycles. The maximum Gasteiger partial charge on any atom is 0.120 e. The first-order chi connectivity index (χ1) is 9.16. The van der Waals surface area contributed by atoms with Crippen molar-refractivity contribution in [2.24, 2.45) is 0 Å². The summed E-state index contributed by atoms with van der Waals surface area (Å²) in [6.07, 6.45) is 3.60. The molecule has 19 heavy (non-hydrogen) atoms. The first-order valence-electron chi connectivity index (χ1n) is 6.27. The van der Waals surface area contributed by atoms with Gasteiger partial charge in [0, 0.05) is 30.0 Å². The number of hydrogen-bond donors (Lipinski definition) is 2. The summed E-state index contributed by atoms with van der Waals surface area (Å²) in [5.74, 6) is 0.952. The van der Waals surface area contributed by atoms with Crippen LogP contribution in [0.15, 0.2) is 36.7 Å². The van der Waals surface area contributed by atoms with Gasteiger partial charge in [-0.1, -0.05) is 23.7 Å². The second kappa shape index (κ2) is 6.70. The Morgan fingerprint density at radius 2 is 2.05 bits per heavy atom. The van der Waals surface area contributed by atoms with Gasteiger partial charge in [-0.2, -0.15) is 0 Å². The number of likely N-dealkylation sites (N-methyl/N-ethyl adjacent to an activating group) is 1. The predicted molar refractivity (Wildman–Crippen MR) is 78.2 cm³/mol. The molecule has 1 unspecified atom stereocenters. The third-order valence-electron chi connectivity index (χ3n) is 3.06. The molecule has 5 heteroatoms. The highest BCUT2D eigenvalue weighted by atomic mass is 35.5.